The summed E-state index contributed by atoms with van der Waals surface area (Å²) in [7, 11) is 1.57. The van der Waals surface area contributed by atoms with E-state index in [0.717, 1.165) is 5.56 Å². The summed E-state index contributed by atoms with van der Waals surface area (Å²) in [5, 5.41) is 1.72. The van der Waals surface area contributed by atoms with Gasteiger partial charge in [0.2, 0.25) is 0 Å². The summed E-state index contributed by atoms with van der Waals surface area (Å²) in [4.78, 5) is 4.07. The molecule has 0 bridgehead atoms. The molecule has 0 amide bonds. The van der Waals surface area contributed by atoms with Crippen LogP contribution < -0.4 is 0 Å². The number of hydrogen-bond acceptors (Lipinski definition) is 3. The van der Waals surface area contributed by atoms with Crippen molar-refractivity contribution >= 4 is 40.5 Å². The first kappa shape index (κ1) is 15.3. The van der Waals surface area contributed by atoms with Gasteiger partial charge in [0.05, 0.1) is 13.4 Å². The van der Waals surface area contributed by atoms with Crippen LogP contribution in [0.25, 0.3) is 0 Å². The fraction of sp³-hybridized carbons (Fsp3) is 0.286. The second-order valence-corrected chi connectivity index (χ2v) is 5.68. The van der Waals surface area contributed by atoms with Crippen LogP contribution in [0.4, 0.5) is 0 Å². The van der Waals surface area contributed by atoms with Gasteiger partial charge in [0.25, 0.3) is 0 Å². The van der Waals surface area contributed by atoms with Gasteiger partial charge in [-0.25, -0.2) is 4.98 Å². The zero-order chi connectivity index (χ0) is 14.7. The van der Waals surface area contributed by atoms with Gasteiger partial charge in [-0.1, -0.05) is 36.2 Å². The third-order valence-electron chi connectivity index (χ3n) is 3.22. The molecule has 0 saturated heterocycles. The number of methoxy groups -OCH3 is 1. The zero-order valence-corrected chi connectivity index (χ0v) is 13.4. The number of aromatic nitrogens is 2. The highest BCUT2D eigenvalue weighted by atomic mass is 35.5. The molecule has 1 heterocycles. The van der Waals surface area contributed by atoms with E-state index >= 15 is 0 Å². The Hall–Kier alpha value is -1.10. The van der Waals surface area contributed by atoms with Gasteiger partial charge in [-0.2, -0.15) is 0 Å². The number of hydrogen-bond donors (Lipinski definition) is 0. The molecule has 0 aliphatic carbocycles. The first-order valence-corrected chi connectivity index (χ1v) is 7.21. The zero-order valence-electron chi connectivity index (χ0n) is 11.1. The van der Waals surface area contributed by atoms with Gasteiger partial charge in [-0.3, -0.25) is 0 Å². The molecule has 0 saturated carbocycles. The van der Waals surface area contributed by atoms with Crippen LogP contribution in [0, 0.1) is 0 Å². The molecule has 0 fully saturated rings. The molecular weight excluding hydrogens is 315 g/mol. The van der Waals surface area contributed by atoms with Crippen molar-refractivity contribution in [3.05, 3.63) is 52.5 Å². The molecule has 1 aromatic carbocycles. The summed E-state index contributed by atoms with van der Waals surface area (Å²) in [6, 6.07) is 5.31. The maximum Gasteiger partial charge on any atom is 0.182 e. The van der Waals surface area contributed by atoms with E-state index in [1.54, 1.807) is 25.7 Å². The summed E-state index contributed by atoms with van der Waals surface area (Å²) in [6.45, 7) is 2.05. The van der Waals surface area contributed by atoms with Crippen molar-refractivity contribution < 1.29 is 4.74 Å². The van der Waals surface area contributed by atoms with Crippen molar-refractivity contribution in [1.82, 2.24) is 9.55 Å². The number of rotatable bonds is 4. The van der Waals surface area contributed by atoms with Gasteiger partial charge >= 0.3 is 0 Å². The van der Waals surface area contributed by atoms with E-state index in [4.69, 9.17) is 40.2 Å². The standard InChI is InChI=1S/C14H14Cl2N2OS/c1-9(11-4-3-10(15)7-12(11)16)13(14(20)19-2)18-6-5-17-8-18/h3-9,13H,1-2H3. The average molecular weight is 329 g/mol. The van der Waals surface area contributed by atoms with Gasteiger partial charge in [-0.05, 0) is 29.9 Å². The molecule has 0 aliphatic heterocycles. The van der Waals surface area contributed by atoms with Crippen LogP contribution in [-0.4, -0.2) is 21.7 Å². The molecule has 0 aliphatic rings. The number of imidazole rings is 1. The fourth-order valence-corrected chi connectivity index (χ4v) is 3.09. The van der Waals surface area contributed by atoms with E-state index in [-0.39, 0.29) is 12.0 Å². The van der Waals surface area contributed by atoms with E-state index in [1.165, 1.54) is 0 Å². The largest absolute Gasteiger partial charge is 0.488 e. The number of benzene rings is 1. The van der Waals surface area contributed by atoms with E-state index in [1.807, 2.05) is 29.8 Å². The Morgan fingerprint density at radius 3 is 2.70 bits per heavy atom. The molecule has 0 spiro atoms. The number of halogens is 2. The fourth-order valence-electron chi connectivity index (χ4n) is 2.18. The molecular formula is C14H14Cl2N2OS. The SMILES string of the molecule is COC(=S)C(C(C)c1ccc(Cl)cc1Cl)n1ccnc1. The molecule has 0 N–H and O–H groups in total. The third kappa shape index (κ3) is 3.14. The molecule has 2 rings (SSSR count). The van der Waals surface area contributed by atoms with Crippen molar-refractivity contribution in [3.63, 3.8) is 0 Å². The second-order valence-electron chi connectivity index (χ2n) is 4.43. The lowest BCUT2D eigenvalue weighted by Gasteiger charge is -2.26. The van der Waals surface area contributed by atoms with E-state index < -0.39 is 0 Å². The van der Waals surface area contributed by atoms with Gasteiger partial charge in [0.1, 0.15) is 6.04 Å². The maximum atomic E-state index is 6.28. The molecule has 106 valence electrons. The number of nitrogens with zero attached hydrogens (tertiary/aromatic N) is 2. The van der Waals surface area contributed by atoms with E-state index in [0.29, 0.717) is 15.1 Å². The van der Waals surface area contributed by atoms with Crippen LogP contribution in [0.2, 0.25) is 10.0 Å². The predicted molar refractivity (Wildman–Crippen MR) is 85.7 cm³/mol. The summed E-state index contributed by atoms with van der Waals surface area (Å²) >= 11 is 17.6. The summed E-state index contributed by atoms with van der Waals surface area (Å²) < 4.78 is 7.17. The minimum atomic E-state index is -0.156. The summed E-state index contributed by atoms with van der Waals surface area (Å²) in [5.74, 6) is 0.0291. The van der Waals surface area contributed by atoms with Gasteiger partial charge in [-0.15, -0.1) is 0 Å². The lowest BCUT2D eigenvalue weighted by molar-refractivity contribution is 0.361. The summed E-state index contributed by atoms with van der Waals surface area (Å²) in [5.41, 5.74) is 0.967. The van der Waals surface area contributed by atoms with Crippen molar-refractivity contribution in [2.75, 3.05) is 7.11 Å². The molecule has 2 unspecified atom stereocenters. The van der Waals surface area contributed by atoms with Gasteiger partial charge < -0.3 is 9.30 Å². The van der Waals surface area contributed by atoms with Crippen LogP contribution >= 0.6 is 35.4 Å². The van der Waals surface area contributed by atoms with Crippen LogP contribution in [-0.2, 0) is 4.74 Å². The first-order valence-electron chi connectivity index (χ1n) is 6.04. The first-order chi connectivity index (χ1) is 9.54. The lowest BCUT2D eigenvalue weighted by atomic mass is 9.93. The van der Waals surface area contributed by atoms with Crippen LogP contribution in [0.15, 0.2) is 36.9 Å². The van der Waals surface area contributed by atoms with Crippen LogP contribution in [0.1, 0.15) is 24.4 Å². The van der Waals surface area contributed by atoms with Crippen molar-refractivity contribution in [2.24, 2.45) is 0 Å². The predicted octanol–water partition coefficient (Wildman–Crippen LogP) is 4.51. The van der Waals surface area contributed by atoms with E-state index in [9.17, 15) is 0 Å². The smallest absolute Gasteiger partial charge is 0.182 e. The van der Waals surface area contributed by atoms with Crippen molar-refractivity contribution in [1.29, 1.82) is 0 Å². The average Bonchev–Trinajstić information content (AvgIpc) is 2.92. The minimum absolute atomic E-state index is 0.0291. The Morgan fingerprint density at radius 1 is 1.40 bits per heavy atom. The van der Waals surface area contributed by atoms with Gasteiger partial charge in [0.15, 0.2) is 5.05 Å². The van der Waals surface area contributed by atoms with Gasteiger partial charge in [0, 0.05) is 28.4 Å². The Labute approximate surface area is 133 Å². The highest BCUT2D eigenvalue weighted by Crippen LogP contribution is 2.35. The second kappa shape index (κ2) is 6.57. The monoisotopic (exact) mass is 328 g/mol. The quantitative estimate of drug-likeness (QED) is 0.772. The van der Waals surface area contributed by atoms with Crippen LogP contribution in [0.3, 0.4) is 0 Å². The molecule has 3 nitrogen and oxygen atoms in total. The minimum Gasteiger partial charge on any atom is -0.488 e. The van der Waals surface area contributed by atoms with Crippen molar-refractivity contribution in [3.8, 4) is 0 Å². The Morgan fingerprint density at radius 2 is 2.15 bits per heavy atom. The molecule has 20 heavy (non-hydrogen) atoms. The highest BCUT2D eigenvalue weighted by Gasteiger charge is 2.27. The Balaban J connectivity index is 2.41. The highest BCUT2D eigenvalue weighted by molar-refractivity contribution is 7.80. The summed E-state index contributed by atoms with van der Waals surface area (Å²) in [6.07, 6.45) is 5.29. The number of ether oxygens (including phenoxy) is 1. The molecule has 2 atom stereocenters. The lowest BCUT2D eigenvalue weighted by Crippen LogP contribution is -2.24. The number of thiocarbonyl (C=S) groups is 1. The molecule has 2 aromatic rings. The molecule has 1 aromatic heterocycles. The Kier molecular flexibility index (Phi) is 5.02. The van der Waals surface area contributed by atoms with Crippen molar-refractivity contribution in [2.45, 2.75) is 18.9 Å². The topological polar surface area (TPSA) is 27.1 Å². The van der Waals surface area contributed by atoms with E-state index in [2.05, 4.69) is 4.98 Å². The Bertz CT molecular complexity index is 601. The maximum absolute atomic E-state index is 6.28. The molecule has 6 heteroatoms. The van der Waals surface area contributed by atoms with Crippen LogP contribution in [0.5, 0.6) is 0 Å². The normalized spacial score (nSPS) is 13.8. The molecule has 0 radical (unpaired) electrons. The third-order valence-corrected chi connectivity index (χ3v) is 4.19.